The molecule has 0 atom stereocenters. The minimum Gasteiger partial charge on any atom is -0.467 e. The Morgan fingerprint density at radius 1 is 0.862 bits per heavy atom. The number of aryl methyl sites for hydroxylation is 1. The molecule has 2 aromatic heterocycles. The zero-order valence-corrected chi connectivity index (χ0v) is 16.5. The summed E-state index contributed by atoms with van der Waals surface area (Å²) in [7, 11) is 1.99. The fourth-order valence-electron chi connectivity index (χ4n) is 3.73. The first-order valence-corrected chi connectivity index (χ1v) is 10.00. The van der Waals surface area contributed by atoms with E-state index in [1.54, 1.807) is 0 Å². The standard InChI is InChI=1S/C23H23N5O/c1-27-15-20(17-9-3-2-4-10-17)24-21(27)16-29-23-22(28-13-7-8-14-28)25-18-11-5-6-12-19(18)26-23/h2-6,9-12,15H,7-8,13-14,16H2,1H3. The predicted molar refractivity (Wildman–Crippen MR) is 114 cm³/mol. The number of benzene rings is 2. The van der Waals surface area contributed by atoms with Gasteiger partial charge < -0.3 is 14.2 Å². The first kappa shape index (κ1) is 17.7. The maximum absolute atomic E-state index is 6.18. The summed E-state index contributed by atoms with van der Waals surface area (Å²) >= 11 is 0. The van der Waals surface area contributed by atoms with E-state index in [0.29, 0.717) is 12.5 Å². The minimum absolute atomic E-state index is 0.344. The highest BCUT2D eigenvalue weighted by atomic mass is 16.5. The lowest BCUT2D eigenvalue weighted by Gasteiger charge is -2.19. The largest absolute Gasteiger partial charge is 0.467 e. The molecule has 3 heterocycles. The first-order valence-electron chi connectivity index (χ1n) is 10.00. The van der Waals surface area contributed by atoms with E-state index < -0.39 is 0 Å². The number of anilines is 1. The summed E-state index contributed by atoms with van der Waals surface area (Å²) in [6, 6.07) is 18.1. The van der Waals surface area contributed by atoms with Gasteiger partial charge in [0.15, 0.2) is 5.82 Å². The van der Waals surface area contributed by atoms with Crippen LogP contribution in [0.4, 0.5) is 5.82 Å². The van der Waals surface area contributed by atoms with E-state index in [1.165, 1.54) is 12.8 Å². The van der Waals surface area contributed by atoms with Crippen LogP contribution in [0.25, 0.3) is 22.3 Å². The summed E-state index contributed by atoms with van der Waals surface area (Å²) in [5.74, 6) is 2.26. The van der Waals surface area contributed by atoms with Crippen molar-refractivity contribution in [3.63, 3.8) is 0 Å². The zero-order valence-electron chi connectivity index (χ0n) is 16.5. The van der Waals surface area contributed by atoms with Gasteiger partial charge in [-0.2, -0.15) is 0 Å². The molecule has 6 heteroatoms. The summed E-state index contributed by atoms with van der Waals surface area (Å²) in [5, 5.41) is 0. The van der Waals surface area contributed by atoms with Gasteiger partial charge >= 0.3 is 0 Å². The van der Waals surface area contributed by atoms with E-state index in [0.717, 1.165) is 47.0 Å². The molecule has 0 amide bonds. The van der Waals surface area contributed by atoms with Crippen LogP contribution >= 0.6 is 0 Å². The van der Waals surface area contributed by atoms with Crippen LogP contribution in [0.5, 0.6) is 5.88 Å². The molecule has 0 saturated carbocycles. The molecule has 1 fully saturated rings. The maximum Gasteiger partial charge on any atom is 0.258 e. The molecule has 4 aromatic rings. The van der Waals surface area contributed by atoms with Crippen LogP contribution < -0.4 is 9.64 Å². The fraction of sp³-hybridized carbons (Fsp3) is 0.261. The van der Waals surface area contributed by atoms with Crippen molar-refractivity contribution in [1.82, 2.24) is 19.5 Å². The molecular weight excluding hydrogens is 362 g/mol. The average Bonchev–Trinajstić information content (AvgIpc) is 3.42. The third-order valence-electron chi connectivity index (χ3n) is 5.31. The van der Waals surface area contributed by atoms with E-state index in [2.05, 4.69) is 17.0 Å². The van der Waals surface area contributed by atoms with Crippen molar-refractivity contribution >= 4 is 16.9 Å². The van der Waals surface area contributed by atoms with Crippen molar-refractivity contribution in [3.05, 3.63) is 66.6 Å². The van der Waals surface area contributed by atoms with Gasteiger partial charge in [-0.3, -0.25) is 0 Å². The van der Waals surface area contributed by atoms with Crippen LogP contribution in [-0.2, 0) is 13.7 Å². The molecule has 0 spiro atoms. The van der Waals surface area contributed by atoms with Crippen molar-refractivity contribution in [1.29, 1.82) is 0 Å². The predicted octanol–water partition coefficient (Wildman–Crippen LogP) is 4.21. The van der Waals surface area contributed by atoms with Crippen LogP contribution in [0.15, 0.2) is 60.8 Å². The summed E-state index contributed by atoms with van der Waals surface area (Å²) in [6.45, 7) is 2.32. The van der Waals surface area contributed by atoms with Crippen molar-refractivity contribution in [3.8, 4) is 17.1 Å². The van der Waals surface area contributed by atoms with E-state index in [4.69, 9.17) is 19.7 Å². The Hall–Kier alpha value is -3.41. The third kappa shape index (κ3) is 3.53. The van der Waals surface area contributed by atoms with Crippen LogP contribution in [0.3, 0.4) is 0 Å². The average molecular weight is 385 g/mol. The van der Waals surface area contributed by atoms with Gasteiger partial charge in [-0.15, -0.1) is 0 Å². The summed E-state index contributed by atoms with van der Waals surface area (Å²) in [5.41, 5.74) is 3.77. The van der Waals surface area contributed by atoms with Crippen molar-refractivity contribution in [2.24, 2.45) is 7.05 Å². The van der Waals surface area contributed by atoms with Crippen molar-refractivity contribution in [2.45, 2.75) is 19.4 Å². The number of rotatable bonds is 5. The Morgan fingerprint density at radius 2 is 1.55 bits per heavy atom. The number of imidazole rings is 1. The van der Waals surface area contributed by atoms with Gasteiger partial charge in [0, 0.05) is 31.9 Å². The van der Waals surface area contributed by atoms with E-state index >= 15 is 0 Å². The topological polar surface area (TPSA) is 56.1 Å². The van der Waals surface area contributed by atoms with Crippen molar-refractivity contribution in [2.75, 3.05) is 18.0 Å². The number of para-hydroxylation sites is 2. The number of aromatic nitrogens is 4. The third-order valence-corrected chi connectivity index (χ3v) is 5.31. The van der Waals surface area contributed by atoms with Gasteiger partial charge in [-0.05, 0) is 25.0 Å². The second-order valence-electron chi connectivity index (χ2n) is 7.34. The van der Waals surface area contributed by atoms with E-state index in [1.807, 2.05) is 60.3 Å². The Bertz CT molecular complexity index is 1130. The molecule has 1 saturated heterocycles. The van der Waals surface area contributed by atoms with Gasteiger partial charge in [0.05, 0.1) is 16.7 Å². The number of ether oxygens (including phenoxy) is 1. The molecular formula is C23H23N5O. The van der Waals surface area contributed by atoms with Crippen LogP contribution in [-0.4, -0.2) is 32.6 Å². The SMILES string of the molecule is Cn1cc(-c2ccccc2)nc1COc1nc2ccccc2nc1N1CCCC1. The van der Waals surface area contributed by atoms with Gasteiger partial charge in [-0.25, -0.2) is 15.0 Å². The molecule has 146 valence electrons. The lowest BCUT2D eigenvalue weighted by Crippen LogP contribution is -2.21. The number of hydrogen-bond acceptors (Lipinski definition) is 5. The summed E-state index contributed by atoms with van der Waals surface area (Å²) in [4.78, 5) is 16.6. The number of hydrogen-bond donors (Lipinski definition) is 0. The Labute approximate surface area is 169 Å². The normalized spacial score (nSPS) is 13.9. The lowest BCUT2D eigenvalue weighted by atomic mass is 10.2. The van der Waals surface area contributed by atoms with Gasteiger partial charge in [0.2, 0.25) is 0 Å². The lowest BCUT2D eigenvalue weighted by molar-refractivity contribution is 0.281. The van der Waals surface area contributed by atoms with E-state index in [-0.39, 0.29) is 0 Å². The van der Waals surface area contributed by atoms with Crippen LogP contribution in [0, 0.1) is 0 Å². The second-order valence-corrected chi connectivity index (χ2v) is 7.34. The van der Waals surface area contributed by atoms with Crippen LogP contribution in [0.2, 0.25) is 0 Å². The fourth-order valence-corrected chi connectivity index (χ4v) is 3.73. The number of fused-ring (bicyclic) bond motifs is 1. The van der Waals surface area contributed by atoms with Gasteiger partial charge in [0.1, 0.15) is 12.4 Å². The maximum atomic E-state index is 6.18. The first-order chi connectivity index (χ1) is 14.3. The Balaban J connectivity index is 1.44. The highest BCUT2D eigenvalue weighted by Gasteiger charge is 2.21. The Kier molecular flexibility index (Phi) is 4.60. The quantitative estimate of drug-likeness (QED) is 0.515. The molecule has 5 rings (SSSR count). The minimum atomic E-state index is 0.344. The van der Waals surface area contributed by atoms with Gasteiger partial charge in [-0.1, -0.05) is 42.5 Å². The molecule has 0 N–H and O–H groups in total. The summed E-state index contributed by atoms with van der Waals surface area (Å²) < 4.78 is 8.18. The molecule has 1 aliphatic heterocycles. The molecule has 29 heavy (non-hydrogen) atoms. The molecule has 2 aromatic carbocycles. The molecule has 0 aliphatic carbocycles. The molecule has 6 nitrogen and oxygen atoms in total. The van der Waals surface area contributed by atoms with Gasteiger partial charge in [0.25, 0.3) is 5.88 Å². The molecule has 0 bridgehead atoms. The smallest absolute Gasteiger partial charge is 0.258 e. The molecule has 0 radical (unpaired) electrons. The van der Waals surface area contributed by atoms with Crippen molar-refractivity contribution < 1.29 is 4.74 Å². The summed E-state index contributed by atoms with van der Waals surface area (Å²) in [6.07, 6.45) is 4.38. The zero-order chi connectivity index (χ0) is 19.6. The number of nitrogens with zero attached hydrogens (tertiary/aromatic N) is 5. The monoisotopic (exact) mass is 385 g/mol. The molecule has 1 aliphatic rings. The second kappa shape index (κ2) is 7.54. The van der Waals surface area contributed by atoms with E-state index in [9.17, 15) is 0 Å². The highest BCUT2D eigenvalue weighted by Crippen LogP contribution is 2.30. The highest BCUT2D eigenvalue weighted by molar-refractivity contribution is 5.77. The van der Waals surface area contributed by atoms with Crippen LogP contribution in [0.1, 0.15) is 18.7 Å². The molecule has 0 unspecified atom stereocenters. The Morgan fingerprint density at radius 3 is 2.31 bits per heavy atom.